The number of aromatic nitrogens is 2. The number of halogens is 3. The molecule has 0 bridgehead atoms. The third kappa shape index (κ3) is 2.47. The molecule has 7 heteroatoms. The summed E-state index contributed by atoms with van der Waals surface area (Å²) in [5, 5.41) is 9.33. The van der Waals surface area contributed by atoms with Gasteiger partial charge in [0.1, 0.15) is 11.9 Å². The van der Waals surface area contributed by atoms with Gasteiger partial charge in [0.25, 0.3) is 0 Å². The SMILES string of the molecule is O=C(O)C1CCCc2cnc(-c3ccc(C(F)(F)F)cc3)n21. The maximum atomic E-state index is 12.6. The molecule has 2 heterocycles. The molecule has 1 unspecified atom stereocenters. The van der Waals surface area contributed by atoms with Crippen molar-refractivity contribution < 1.29 is 23.1 Å². The van der Waals surface area contributed by atoms with Crippen molar-refractivity contribution in [3.8, 4) is 11.4 Å². The van der Waals surface area contributed by atoms with Crippen molar-refractivity contribution in [1.29, 1.82) is 0 Å². The molecule has 2 aromatic rings. The molecule has 0 amide bonds. The van der Waals surface area contributed by atoms with E-state index in [2.05, 4.69) is 4.98 Å². The fraction of sp³-hybridized carbons (Fsp3) is 0.333. The summed E-state index contributed by atoms with van der Waals surface area (Å²) in [6, 6.07) is 3.90. The van der Waals surface area contributed by atoms with Gasteiger partial charge < -0.3 is 9.67 Å². The van der Waals surface area contributed by atoms with E-state index >= 15 is 0 Å². The Hall–Kier alpha value is -2.31. The van der Waals surface area contributed by atoms with Crippen molar-refractivity contribution >= 4 is 5.97 Å². The van der Waals surface area contributed by atoms with E-state index in [0.717, 1.165) is 30.7 Å². The number of alkyl halides is 3. The van der Waals surface area contributed by atoms with Crippen LogP contribution in [0.2, 0.25) is 0 Å². The van der Waals surface area contributed by atoms with E-state index in [9.17, 15) is 23.1 Å². The average molecular weight is 310 g/mol. The fourth-order valence-corrected chi connectivity index (χ4v) is 2.79. The molecule has 0 saturated carbocycles. The van der Waals surface area contributed by atoms with Crippen LogP contribution < -0.4 is 0 Å². The van der Waals surface area contributed by atoms with Gasteiger partial charge >= 0.3 is 12.1 Å². The second-order valence-electron chi connectivity index (χ2n) is 5.26. The Morgan fingerprint density at radius 1 is 1.27 bits per heavy atom. The Morgan fingerprint density at radius 3 is 2.55 bits per heavy atom. The van der Waals surface area contributed by atoms with Crippen LogP contribution in [0, 0.1) is 0 Å². The van der Waals surface area contributed by atoms with Gasteiger partial charge in [-0.05, 0) is 31.4 Å². The normalized spacial score (nSPS) is 18.0. The zero-order chi connectivity index (χ0) is 15.9. The first kappa shape index (κ1) is 14.6. The van der Waals surface area contributed by atoms with Crippen molar-refractivity contribution in [1.82, 2.24) is 9.55 Å². The molecule has 116 valence electrons. The maximum absolute atomic E-state index is 12.6. The van der Waals surface area contributed by atoms with Crippen LogP contribution in [-0.4, -0.2) is 20.6 Å². The van der Waals surface area contributed by atoms with Gasteiger partial charge in [-0.25, -0.2) is 9.78 Å². The minimum Gasteiger partial charge on any atom is -0.480 e. The molecule has 0 aliphatic carbocycles. The van der Waals surface area contributed by atoms with Crippen LogP contribution in [0.25, 0.3) is 11.4 Å². The number of hydrogen-bond acceptors (Lipinski definition) is 2. The fourth-order valence-electron chi connectivity index (χ4n) is 2.79. The minimum atomic E-state index is -4.39. The third-order valence-electron chi connectivity index (χ3n) is 3.85. The highest BCUT2D eigenvalue weighted by Crippen LogP contribution is 2.34. The average Bonchev–Trinajstić information content (AvgIpc) is 2.90. The first-order valence-corrected chi connectivity index (χ1v) is 6.84. The van der Waals surface area contributed by atoms with Crippen molar-refractivity contribution in [2.45, 2.75) is 31.5 Å². The molecule has 1 aliphatic heterocycles. The Kier molecular flexibility index (Phi) is 3.42. The third-order valence-corrected chi connectivity index (χ3v) is 3.85. The summed E-state index contributed by atoms with van der Waals surface area (Å²) in [6.07, 6.45) is -0.824. The van der Waals surface area contributed by atoms with Crippen LogP contribution in [0.5, 0.6) is 0 Å². The maximum Gasteiger partial charge on any atom is 0.416 e. The van der Waals surface area contributed by atoms with E-state index in [4.69, 9.17) is 0 Å². The lowest BCUT2D eigenvalue weighted by Gasteiger charge is -2.24. The molecule has 1 aromatic heterocycles. The van der Waals surface area contributed by atoms with Gasteiger partial charge in [-0.3, -0.25) is 0 Å². The lowest BCUT2D eigenvalue weighted by atomic mass is 10.0. The van der Waals surface area contributed by atoms with E-state index in [-0.39, 0.29) is 0 Å². The molecule has 0 spiro atoms. The molecule has 22 heavy (non-hydrogen) atoms. The van der Waals surface area contributed by atoms with Crippen molar-refractivity contribution in [2.24, 2.45) is 0 Å². The number of hydrogen-bond donors (Lipinski definition) is 1. The van der Waals surface area contributed by atoms with E-state index in [1.165, 1.54) is 12.1 Å². The summed E-state index contributed by atoms with van der Waals surface area (Å²) in [6.45, 7) is 0. The number of aliphatic carboxylic acids is 1. The van der Waals surface area contributed by atoms with Crippen LogP contribution in [0.4, 0.5) is 13.2 Å². The van der Waals surface area contributed by atoms with Crippen molar-refractivity contribution in [2.75, 3.05) is 0 Å². The van der Waals surface area contributed by atoms with Crippen LogP contribution in [0.3, 0.4) is 0 Å². The van der Waals surface area contributed by atoms with Gasteiger partial charge in [-0.2, -0.15) is 13.2 Å². The number of nitrogens with zero attached hydrogens (tertiary/aromatic N) is 2. The summed E-state index contributed by atoms with van der Waals surface area (Å²) in [7, 11) is 0. The Bertz CT molecular complexity index is 705. The predicted molar refractivity (Wildman–Crippen MR) is 72.3 cm³/mol. The molecule has 1 aliphatic rings. The number of carbonyl (C=O) groups is 1. The topological polar surface area (TPSA) is 55.1 Å². The van der Waals surface area contributed by atoms with Crippen LogP contribution >= 0.6 is 0 Å². The Balaban J connectivity index is 2.03. The highest BCUT2D eigenvalue weighted by atomic mass is 19.4. The van der Waals surface area contributed by atoms with Crippen LogP contribution in [-0.2, 0) is 17.4 Å². The monoisotopic (exact) mass is 310 g/mol. The number of carboxylic acids is 1. The molecule has 0 fully saturated rings. The van der Waals surface area contributed by atoms with E-state index in [1.807, 2.05) is 0 Å². The van der Waals surface area contributed by atoms with Crippen molar-refractivity contribution in [3.63, 3.8) is 0 Å². The van der Waals surface area contributed by atoms with Crippen molar-refractivity contribution in [3.05, 3.63) is 41.7 Å². The van der Waals surface area contributed by atoms with E-state index in [1.54, 1.807) is 10.8 Å². The highest BCUT2D eigenvalue weighted by molar-refractivity contribution is 5.74. The zero-order valence-electron chi connectivity index (χ0n) is 11.5. The molecular weight excluding hydrogens is 297 g/mol. The van der Waals surface area contributed by atoms with E-state index in [0.29, 0.717) is 17.8 Å². The summed E-state index contributed by atoms with van der Waals surface area (Å²) < 4.78 is 39.4. The van der Waals surface area contributed by atoms with Gasteiger partial charge in [0.05, 0.1) is 5.56 Å². The molecule has 0 radical (unpaired) electrons. The summed E-state index contributed by atoms with van der Waals surface area (Å²) in [4.78, 5) is 15.6. The predicted octanol–water partition coefficient (Wildman–Crippen LogP) is 3.53. The number of carboxylic acid groups (broad SMARTS) is 1. The van der Waals surface area contributed by atoms with Gasteiger partial charge in [-0.1, -0.05) is 12.1 Å². The standard InChI is InChI=1S/C15H13F3N2O2/c16-15(17,18)10-6-4-9(5-7-10)13-19-8-11-2-1-3-12(14(21)22)20(11)13/h4-8,12H,1-3H2,(H,21,22). The number of benzene rings is 1. The van der Waals surface area contributed by atoms with Crippen LogP contribution in [0.1, 0.15) is 30.1 Å². The number of imidazole rings is 1. The second-order valence-corrected chi connectivity index (χ2v) is 5.26. The summed E-state index contributed by atoms with van der Waals surface area (Å²) >= 11 is 0. The number of fused-ring (bicyclic) bond motifs is 1. The molecule has 1 N–H and O–H groups in total. The molecule has 1 atom stereocenters. The van der Waals surface area contributed by atoms with Gasteiger partial charge in [-0.15, -0.1) is 0 Å². The zero-order valence-corrected chi connectivity index (χ0v) is 11.5. The molecule has 1 aromatic carbocycles. The van der Waals surface area contributed by atoms with Crippen LogP contribution in [0.15, 0.2) is 30.5 Å². The summed E-state index contributed by atoms with van der Waals surface area (Å²) in [5.74, 6) is -0.553. The Morgan fingerprint density at radius 2 is 1.95 bits per heavy atom. The minimum absolute atomic E-state index is 0.399. The quantitative estimate of drug-likeness (QED) is 0.923. The van der Waals surface area contributed by atoms with Gasteiger partial charge in [0, 0.05) is 17.5 Å². The second kappa shape index (κ2) is 5.15. The lowest BCUT2D eigenvalue weighted by Crippen LogP contribution is -2.25. The first-order chi connectivity index (χ1) is 10.4. The summed E-state index contributed by atoms with van der Waals surface area (Å²) in [5.41, 5.74) is 0.539. The number of rotatable bonds is 2. The lowest BCUT2D eigenvalue weighted by molar-refractivity contribution is -0.141. The Labute approximate surface area is 124 Å². The molecule has 4 nitrogen and oxygen atoms in total. The number of aryl methyl sites for hydroxylation is 1. The molecule has 0 saturated heterocycles. The smallest absolute Gasteiger partial charge is 0.416 e. The van der Waals surface area contributed by atoms with E-state index < -0.39 is 23.8 Å². The largest absolute Gasteiger partial charge is 0.480 e. The molecular formula is C15H13F3N2O2. The molecule has 3 rings (SSSR count). The first-order valence-electron chi connectivity index (χ1n) is 6.84. The van der Waals surface area contributed by atoms with Gasteiger partial charge in [0.15, 0.2) is 0 Å². The highest BCUT2D eigenvalue weighted by Gasteiger charge is 2.31. The van der Waals surface area contributed by atoms with Gasteiger partial charge in [0.2, 0.25) is 0 Å².